The Bertz CT molecular complexity index is 1860. The fourth-order valence-corrected chi connectivity index (χ4v) is 6.04. The predicted octanol–water partition coefficient (Wildman–Crippen LogP) is 7.23. The van der Waals surface area contributed by atoms with Crippen LogP contribution in [0.15, 0.2) is 107 Å². The molecule has 0 saturated heterocycles. The summed E-state index contributed by atoms with van der Waals surface area (Å²) >= 11 is 4.82. The second kappa shape index (κ2) is 10.9. The van der Waals surface area contributed by atoms with Crippen LogP contribution in [0.2, 0.25) is 0 Å². The molecule has 0 fully saturated rings. The van der Waals surface area contributed by atoms with E-state index in [2.05, 4.69) is 83.5 Å². The molecule has 6 rings (SSSR count). The van der Waals surface area contributed by atoms with Crippen LogP contribution in [0, 0.1) is 6.92 Å². The lowest BCUT2D eigenvalue weighted by Gasteiger charge is -2.15. The summed E-state index contributed by atoms with van der Waals surface area (Å²) in [5.74, 6) is 0.0320. The third-order valence-corrected chi connectivity index (χ3v) is 8.29. The van der Waals surface area contributed by atoms with Gasteiger partial charge in [-0.05, 0) is 53.9 Å². The molecule has 0 bridgehead atoms. The summed E-state index contributed by atoms with van der Waals surface area (Å²) in [7, 11) is 0. The van der Waals surface area contributed by atoms with Crippen molar-refractivity contribution in [2.24, 2.45) is 5.10 Å². The number of nitrogens with one attached hydrogen (secondary N) is 1. The largest absolute Gasteiger partial charge is 0.383 e. The number of nitrogen functional groups attached to an aromatic ring is 1. The number of hydrogen-bond acceptors (Lipinski definition) is 6. The molecule has 40 heavy (non-hydrogen) atoms. The number of carbonyl (C=O) groups is 1. The smallest absolute Gasteiger partial charge is 0.281 e. The van der Waals surface area contributed by atoms with Gasteiger partial charge in [0.15, 0.2) is 0 Å². The molecule has 0 unspecified atom stereocenters. The van der Waals surface area contributed by atoms with Gasteiger partial charge in [-0.25, -0.2) is 15.4 Å². The van der Waals surface area contributed by atoms with Crippen molar-refractivity contribution >= 4 is 55.4 Å². The molecule has 0 aliphatic carbocycles. The Hall–Kier alpha value is -4.60. The van der Waals surface area contributed by atoms with Crippen LogP contribution >= 0.6 is 27.3 Å². The van der Waals surface area contributed by atoms with Crippen molar-refractivity contribution in [3.8, 4) is 28.2 Å². The van der Waals surface area contributed by atoms with E-state index < -0.39 is 0 Å². The minimum atomic E-state index is -0.326. The molecule has 0 aliphatic heterocycles. The highest BCUT2D eigenvalue weighted by Crippen LogP contribution is 2.36. The lowest BCUT2D eigenvalue weighted by Crippen LogP contribution is -2.17. The summed E-state index contributed by atoms with van der Waals surface area (Å²) in [4.78, 5) is 22.6. The summed E-state index contributed by atoms with van der Waals surface area (Å²) in [5, 5.41) is 5.09. The lowest BCUT2D eigenvalue weighted by atomic mass is 10.1. The molecule has 3 heterocycles. The van der Waals surface area contributed by atoms with Gasteiger partial charge < -0.3 is 10.3 Å². The number of aryl methyl sites for hydroxylation is 1. The number of fused-ring (bicyclic) bond motifs is 1. The van der Waals surface area contributed by atoms with Crippen molar-refractivity contribution in [1.82, 2.24) is 20.0 Å². The highest BCUT2D eigenvalue weighted by atomic mass is 79.9. The minimum absolute atomic E-state index is 0.326. The molecule has 0 saturated carbocycles. The van der Waals surface area contributed by atoms with Gasteiger partial charge in [-0.1, -0.05) is 76.6 Å². The first-order chi connectivity index (χ1) is 19.5. The first-order valence-corrected chi connectivity index (χ1v) is 14.1. The minimum Gasteiger partial charge on any atom is -0.383 e. The molecular weight excluding hydrogens is 584 g/mol. The molecule has 6 aromatic rings. The zero-order chi connectivity index (χ0) is 27.6. The number of nitrogens with two attached hydrogens (primary N) is 1. The number of hydrazone groups is 1. The molecule has 3 N–H and O–H groups in total. The number of hydrogen-bond donors (Lipinski definition) is 2. The van der Waals surface area contributed by atoms with Crippen LogP contribution in [0.3, 0.4) is 0 Å². The van der Waals surface area contributed by atoms with Crippen molar-refractivity contribution in [1.29, 1.82) is 0 Å². The third kappa shape index (κ3) is 4.81. The van der Waals surface area contributed by atoms with Gasteiger partial charge in [-0.15, -0.1) is 11.3 Å². The zero-order valence-electron chi connectivity index (χ0n) is 21.4. The number of carbonyl (C=O) groups excluding carboxylic acids is 1. The van der Waals surface area contributed by atoms with Crippen molar-refractivity contribution in [3.05, 3.63) is 118 Å². The number of nitrogens with zero attached hydrogens (tertiary/aromatic N) is 4. The average molecular weight is 608 g/mol. The molecular formula is C31H23BrN6OS. The van der Waals surface area contributed by atoms with Gasteiger partial charge in [0.25, 0.3) is 5.91 Å². The van der Waals surface area contributed by atoms with Crippen molar-refractivity contribution in [2.45, 2.75) is 6.92 Å². The Balaban J connectivity index is 1.44. The predicted molar refractivity (Wildman–Crippen MR) is 166 cm³/mol. The number of anilines is 1. The van der Waals surface area contributed by atoms with Gasteiger partial charge in [-0.2, -0.15) is 5.10 Å². The van der Waals surface area contributed by atoms with E-state index in [1.807, 2.05) is 55.5 Å². The van der Waals surface area contributed by atoms with Gasteiger partial charge in [0.1, 0.15) is 17.0 Å². The Labute approximate surface area is 243 Å². The van der Waals surface area contributed by atoms with Crippen LogP contribution in [0.4, 0.5) is 5.82 Å². The van der Waals surface area contributed by atoms with E-state index in [9.17, 15) is 4.79 Å². The Morgan fingerprint density at radius 2 is 1.65 bits per heavy atom. The Kier molecular flexibility index (Phi) is 6.98. The van der Waals surface area contributed by atoms with E-state index in [0.717, 1.165) is 43.8 Å². The number of benzene rings is 3. The van der Waals surface area contributed by atoms with E-state index in [0.29, 0.717) is 20.9 Å². The standard InChI is InChI=1S/C31H23BrN6OS/c1-19-26-29(33)34-18-35-31(26)40-28(19)30(39)37-36-17-22-16-25(20-8-4-2-5-9-20)38(24-14-12-23(32)13-15-24)27(22)21-10-6-3-7-11-21/h2-18H,1H3,(H,37,39)(H2,33,34,35)/b36-17-. The highest BCUT2D eigenvalue weighted by molar-refractivity contribution is 9.10. The van der Waals surface area contributed by atoms with E-state index in [1.54, 1.807) is 6.21 Å². The first kappa shape index (κ1) is 25.7. The van der Waals surface area contributed by atoms with Crippen LogP contribution in [0.25, 0.3) is 38.4 Å². The number of thiophene rings is 1. The topological polar surface area (TPSA) is 98.2 Å². The Morgan fingerprint density at radius 3 is 2.33 bits per heavy atom. The van der Waals surface area contributed by atoms with Gasteiger partial charge in [-0.3, -0.25) is 4.79 Å². The van der Waals surface area contributed by atoms with E-state index >= 15 is 0 Å². The van der Waals surface area contributed by atoms with Crippen molar-refractivity contribution in [2.75, 3.05) is 5.73 Å². The van der Waals surface area contributed by atoms with Gasteiger partial charge in [0.05, 0.1) is 27.9 Å². The zero-order valence-corrected chi connectivity index (χ0v) is 23.8. The van der Waals surface area contributed by atoms with Crippen LogP contribution in [-0.2, 0) is 0 Å². The summed E-state index contributed by atoms with van der Waals surface area (Å²) in [6.07, 6.45) is 3.10. The molecule has 1 amide bonds. The number of aromatic nitrogens is 3. The maximum absolute atomic E-state index is 13.1. The first-order valence-electron chi connectivity index (χ1n) is 12.5. The highest BCUT2D eigenvalue weighted by Gasteiger charge is 2.20. The maximum Gasteiger partial charge on any atom is 0.281 e. The fraction of sp³-hybridized carbons (Fsp3) is 0.0323. The van der Waals surface area contributed by atoms with Gasteiger partial charge in [0.2, 0.25) is 0 Å². The number of rotatable bonds is 6. The summed E-state index contributed by atoms with van der Waals surface area (Å²) in [6, 6.07) is 30.7. The van der Waals surface area contributed by atoms with Crippen molar-refractivity contribution in [3.63, 3.8) is 0 Å². The average Bonchev–Trinajstić information content (AvgIpc) is 3.53. The van der Waals surface area contributed by atoms with Gasteiger partial charge in [0, 0.05) is 15.7 Å². The molecule has 0 atom stereocenters. The second-order valence-corrected chi connectivity index (χ2v) is 11.0. The van der Waals surface area contributed by atoms with Crippen molar-refractivity contribution < 1.29 is 4.79 Å². The second-order valence-electron chi connectivity index (χ2n) is 9.07. The number of amides is 1. The van der Waals surface area contributed by atoms with Crippen LogP contribution in [0.5, 0.6) is 0 Å². The van der Waals surface area contributed by atoms with E-state index in [4.69, 9.17) is 5.73 Å². The summed E-state index contributed by atoms with van der Waals surface area (Å²) < 4.78 is 3.22. The van der Waals surface area contributed by atoms with E-state index in [-0.39, 0.29) is 5.91 Å². The quantitative estimate of drug-likeness (QED) is 0.154. The molecule has 3 aromatic heterocycles. The molecule has 9 heteroatoms. The van der Waals surface area contributed by atoms with Crippen LogP contribution < -0.4 is 11.2 Å². The maximum atomic E-state index is 13.1. The number of halogens is 1. The molecule has 3 aromatic carbocycles. The van der Waals surface area contributed by atoms with E-state index in [1.165, 1.54) is 17.7 Å². The fourth-order valence-electron chi connectivity index (χ4n) is 4.73. The summed E-state index contributed by atoms with van der Waals surface area (Å²) in [5.41, 5.74) is 15.4. The monoisotopic (exact) mass is 606 g/mol. The third-order valence-electron chi connectivity index (χ3n) is 6.56. The molecule has 7 nitrogen and oxygen atoms in total. The normalized spacial score (nSPS) is 11.3. The lowest BCUT2D eigenvalue weighted by molar-refractivity contribution is 0.0958. The molecule has 0 aliphatic rings. The molecule has 196 valence electrons. The van der Waals surface area contributed by atoms with Crippen LogP contribution in [0.1, 0.15) is 20.8 Å². The summed E-state index contributed by atoms with van der Waals surface area (Å²) in [6.45, 7) is 1.84. The van der Waals surface area contributed by atoms with Crippen LogP contribution in [-0.4, -0.2) is 26.7 Å². The SMILES string of the molecule is Cc1c(C(=O)N/N=C\c2cc(-c3ccccc3)n(-c3ccc(Br)cc3)c2-c2ccccc2)sc2ncnc(N)c12. The Morgan fingerprint density at radius 1 is 0.975 bits per heavy atom. The molecule has 0 spiro atoms. The molecule has 0 radical (unpaired) electrons. The van der Waals surface area contributed by atoms with Gasteiger partial charge >= 0.3 is 0 Å².